The molecule has 0 fully saturated rings. The van der Waals surface area contributed by atoms with E-state index in [9.17, 15) is 0 Å². The average molecular weight is 460 g/mol. The molecule has 1 aliphatic carbocycles. The molecule has 0 radical (unpaired) electrons. The van der Waals surface area contributed by atoms with Crippen LogP contribution in [0.5, 0.6) is 0 Å². The van der Waals surface area contributed by atoms with Gasteiger partial charge in [0.15, 0.2) is 0 Å². The minimum Gasteiger partial charge on any atom is -0.379 e. The summed E-state index contributed by atoms with van der Waals surface area (Å²) in [4.78, 5) is 0. The minimum absolute atomic E-state index is 0.839. The van der Waals surface area contributed by atoms with E-state index >= 15 is 0 Å². The topological polar surface area (TPSA) is 12.0 Å². The van der Waals surface area contributed by atoms with Crippen molar-refractivity contribution in [2.45, 2.75) is 25.8 Å². The Bertz CT molecular complexity index is 629. The van der Waals surface area contributed by atoms with Crippen LogP contribution in [0.25, 0.3) is 0 Å². The van der Waals surface area contributed by atoms with E-state index in [0.717, 1.165) is 25.7 Å². The van der Waals surface area contributed by atoms with Gasteiger partial charge in [0, 0.05) is 20.0 Å². The Morgan fingerprint density at radius 2 is 1.60 bits per heavy atom. The maximum Gasteiger partial charge on any atom is 0.0632 e. The van der Waals surface area contributed by atoms with Gasteiger partial charge in [-0.3, -0.25) is 0 Å². The third kappa shape index (κ3) is 3.12. The van der Waals surface area contributed by atoms with E-state index in [2.05, 4.69) is 83.4 Å². The number of hydrogen-bond donors (Lipinski definition) is 1. The summed E-state index contributed by atoms with van der Waals surface area (Å²) in [6.45, 7) is 0.839. The summed E-state index contributed by atoms with van der Waals surface area (Å²) >= 11 is 10.7. The van der Waals surface area contributed by atoms with Gasteiger partial charge < -0.3 is 5.32 Å². The van der Waals surface area contributed by atoms with Crippen LogP contribution in [-0.2, 0) is 19.4 Å². The molecular formula is C16H14Br3N. The smallest absolute Gasteiger partial charge is 0.0632 e. The first-order valence-electron chi connectivity index (χ1n) is 6.62. The second-order valence-corrected chi connectivity index (χ2v) is 7.68. The standard InChI is InChI=1S/C16H14Br3N/c17-13-7-14(18)16(15(19)8-13)20-9-10-4-5-11-2-1-3-12(11)6-10/h4-8,20H,1-3,9H2. The molecule has 0 saturated carbocycles. The Hall–Kier alpha value is -0.320. The number of halogens is 3. The third-order valence-electron chi connectivity index (χ3n) is 3.64. The van der Waals surface area contributed by atoms with Crippen LogP contribution in [0.2, 0.25) is 0 Å². The molecule has 0 atom stereocenters. The Kier molecular flexibility index (Phi) is 4.53. The van der Waals surface area contributed by atoms with Gasteiger partial charge in [0.2, 0.25) is 0 Å². The Morgan fingerprint density at radius 1 is 0.900 bits per heavy atom. The zero-order valence-corrected chi connectivity index (χ0v) is 15.6. The first kappa shape index (κ1) is 14.6. The summed E-state index contributed by atoms with van der Waals surface area (Å²) in [5, 5.41) is 3.50. The quantitative estimate of drug-likeness (QED) is 0.587. The molecule has 1 aliphatic rings. The summed E-state index contributed by atoms with van der Waals surface area (Å²) < 4.78 is 3.17. The highest BCUT2D eigenvalue weighted by Gasteiger charge is 2.11. The van der Waals surface area contributed by atoms with Gasteiger partial charge in [-0.15, -0.1) is 0 Å². The number of anilines is 1. The van der Waals surface area contributed by atoms with Gasteiger partial charge >= 0.3 is 0 Å². The van der Waals surface area contributed by atoms with Crippen LogP contribution < -0.4 is 5.32 Å². The highest BCUT2D eigenvalue weighted by atomic mass is 79.9. The van der Waals surface area contributed by atoms with Gasteiger partial charge in [0.1, 0.15) is 0 Å². The fraction of sp³-hybridized carbons (Fsp3) is 0.250. The van der Waals surface area contributed by atoms with Crippen LogP contribution >= 0.6 is 47.8 Å². The van der Waals surface area contributed by atoms with Crippen LogP contribution in [0, 0.1) is 0 Å². The summed E-state index contributed by atoms with van der Waals surface area (Å²) in [6, 6.07) is 11.0. The Balaban J connectivity index is 1.77. The van der Waals surface area contributed by atoms with E-state index in [4.69, 9.17) is 0 Å². The minimum atomic E-state index is 0.839. The first-order chi connectivity index (χ1) is 9.63. The molecule has 0 amide bonds. The molecule has 0 aliphatic heterocycles. The molecule has 0 spiro atoms. The lowest BCUT2D eigenvalue weighted by molar-refractivity contribution is 0.911. The maximum absolute atomic E-state index is 3.60. The Labute approximate surface area is 144 Å². The van der Waals surface area contributed by atoms with Gasteiger partial charge in [-0.2, -0.15) is 0 Å². The Morgan fingerprint density at radius 3 is 2.35 bits per heavy atom. The second kappa shape index (κ2) is 6.20. The van der Waals surface area contributed by atoms with Gasteiger partial charge in [-0.05, 0) is 79.9 Å². The van der Waals surface area contributed by atoms with Crippen molar-refractivity contribution in [1.29, 1.82) is 0 Å². The zero-order chi connectivity index (χ0) is 14.1. The summed E-state index contributed by atoms with van der Waals surface area (Å²) in [5.74, 6) is 0. The normalized spacial score (nSPS) is 13.3. The van der Waals surface area contributed by atoms with Gasteiger partial charge in [0.05, 0.1) is 5.69 Å². The highest BCUT2D eigenvalue weighted by Crippen LogP contribution is 2.34. The van der Waals surface area contributed by atoms with E-state index in [1.807, 2.05) is 0 Å². The van der Waals surface area contributed by atoms with E-state index in [-0.39, 0.29) is 0 Å². The molecule has 3 rings (SSSR count). The van der Waals surface area contributed by atoms with Crippen LogP contribution in [-0.4, -0.2) is 0 Å². The number of fused-ring (bicyclic) bond motifs is 1. The summed E-state index contributed by atoms with van der Waals surface area (Å²) in [5.41, 5.74) is 5.49. The van der Waals surface area contributed by atoms with Crippen molar-refractivity contribution in [2.75, 3.05) is 5.32 Å². The molecule has 2 aromatic rings. The molecular weight excluding hydrogens is 446 g/mol. The van der Waals surface area contributed by atoms with Crippen molar-refractivity contribution in [3.8, 4) is 0 Å². The molecule has 1 nitrogen and oxygen atoms in total. The second-order valence-electron chi connectivity index (χ2n) is 5.05. The number of benzene rings is 2. The highest BCUT2D eigenvalue weighted by molar-refractivity contribution is 9.11. The number of nitrogens with one attached hydrogen (secondary N) is 1. The molecule has 20 heavy (non-hydrogen) atoms. The SMILES string of the molecule is Brc1cc(Br)c(NCc2ccc3c(c2)CCC3)c(Br)c1. The predicted octanol–water partition coefficient (Wildman–Crippen LogP) is 6.07. The van der Waals surface area contributed by atoms with E-state index in [1.54, 1.807) is 0 Å². The van der Waals surface area contributed by atoms with Crippen molar-refractivity contribution in [1.82, 2.24) is 0 Å². The fourth-order valence-electron chi connectivity index (χ4n) is 2.64. The van der Waals surface area contributed by atoms with Gasteiger partial charge in [-0.1, -0.05) is 34.1 Å². The van der Waals surface area contributed by atoms with E-state index in [0.29, 0.717) is 0 Å². The summed E-state index contributed by atoms with van der Waals surface area (Å²) in [7, 11) is 0. The van der Waals surface area contributed by atoms with Crippen molar-refractivity contribution in [3.63, 3.8) is 0 Å². The molecule has 0 saturated heterocycles. The lowest BCUT2D eigenvalue weighted by Crippen LogP contribution is -2.01. The monoisotopic (exact) mass is 457 g/mol. The van der Waals surface area contributed by atoms with Crippen LogP contribution in [0.3, 0.4) is 0 Å². The predicted molar refractivity (Wildman–Crippen MR) is 95.3 cm³/mol. The number of hydrogen-bond acceptors (Lipinski definition) is 1. The zero-order valence-electron chi connectivity index (χ0n) is 10.8. The molecule has 1 N–H and O–H groups in total. The first-order valence-corrected chi connectivity index (χ1v) is 9.00. The van der Waals surface area contributed by atoms with Crippen molar-refractivity contribution in [3.05, 3.63) is 60.4 Å². The van der Waals surface area contributed by atoms with Crippen LogP contribution in [0.1, 0.15) is 23.1 Å². The molecule has 0 unspecified atom stereocenters. The van der Waals surface area contributed by atoms with Gasteiger partial charge in [0.25, 0.3) is 0 Å². The maximum atomic E-state index is 3.60. The lowest BCUT2D eigenvalue weighted by Gasteiger charge is -2.12. The average Bonchev–Trinajstić information content (AvgIpc) is 2.84. The molecule has 4 heteroatoms. The number of rotatable bonds is 3. The fourth-order valence-corrected chi connectivity index (χ4v) is 5.18. The molecule has 2 aromatic carbocycles. The van der Waals surface area contributed by atoms with Crippen molar-refractivity contribution in [2.24, 2.45) is 0 Å². The van der Waals surface area contributed by atoms with E-state index in [1.165, 1.54) is 36.0 Å². The van der Waals surface area contributed by atoms with Crippen LogP contribution in [0.15, 0.2) is 43.7 Å². The molecule has 0 bridgehead atoms. The lowest BCUT2D eigenvalue weighted by atomic mass is 10.1. The van der Waals surface area contributed by atoms with E-state index < -0.39 is 0 Å². The largest absolute Gasteiger partial charge is 0.379 e. The van der Waals surface area contributed by atoms with Crippen LogP contribution in [0.4, 0.5) is 5.69 Å². The summed E-state index contributed by atoms with van der Waals surface area (Å²) in [6.07, 6.45) is 3.78. The van der Waals surface area contributed by atoms with Crippen molar-refractivity contribution >= 4 is 53.5 Å². The molecule has 0 aromatic heterocycles. The molecule has 0 heterocycles. The van der Waals surface area contributed by atoms with Gasteiger partial charge in [-0.25, -0.2) is 0 Å². The van der Waals surface area contributed by atoms with Crippen molar-refractivity contribution < 1.29 is 0 Å². The molecule has 104 valence electrons. The third-order valence-corrected chi connectivity index (χ3v) is 5.35. The number of aryl methyl sites for hydroxylation is 2.